The number of hydrogen-bond acceptors (Lipinski definition) is 11. The lowest BCUT2D eigenvalue weighted by Gasteiger charge is -2.38. The Hall–Kier alpha value is -1.02. The molecule has 0 aromatic rings. The fraction of sp³-hybridized carbons (Fsp3) is 0.833. The first kappa shape index (κ1) is 20.0. The molecule has 0 spiro atoms. The molecule has 1 fully saturated rings. The summed E-state index contributed by atoms with van der Waals surface area (Å²) in [6.45, 7) is -1.72. The molecule has 0 radical (unpaired) electrons. The maximum Gasteiger partial charge on any atom is 0.197 e. The number of ether oxygens (including phenoxy) is 2. The first-order valence-electron chi connectivity index (χ1n) is 6.70. The molecule has 7 N–H and O–H groups in total. The lowest BCUT2D eigenvalue weighted by molar-refractivity contribution is -0.290. The quantitative estimate of drug-likeness (QED) is 0.208. The third kappa shape index (κ3) is 4.50. The Morgan fingerprint density at radius 3 is 2.26 bits per heavy atom. The van der Waals surface area contributed by atoms with E-state index in [4.69, 9.17) is 19.7 Å². The van der Waals surface area contributed by atoms with Crippen LogP contribution in [0.4, 0.5) is 0 Å². The van der Waals surface area contributed by atoms with Gasteiger partial charge in [0.1, 0.15) is 36.6 Å². The monoisotopic (exact) mass is 340 g/mol. The minimum absolute atomic E-state index is 0.0469. The molecule has 0 amide bonds. The molecule has 0 saturated carbocycles. The van der Waals surface area contributed by atoms with Crippen LogP contribution in [-0.2, 0) is 19.1 Å². The molecular weight excluding hydrogens is 320 g/mol. The number of ketones is 1. The van der Waals surface area contributed by atoms with Crippen molar-refractivity contribution in [3.63, 3.8) is 0 Å². The van der Waals surface area contributed by atoms with E-state index in [2.05, 4.69) is 0 Å². The van der Waals surface area contributed by atoms with Gasteiger partial charge in [0.05, 0.1) is 13.2 Å². The maximum atomic E-state index is 11.6. The highest BCUT2D eigenvalue weighted by Crippen LogP contribution is 2.22. The fourth-order valence-corrected chi connectivity index (χ4v) is 2.00. The number of carbonyl (C=O) groups is 2. The second-order valence-corrected chi connectivity index (χ2v) is 4.99. The highest BCUT2D eigenvalue weighted by atomic mass is 16.7. The molecule has 8 atom stereocenters. The topological polar surface area (TPSA) is 194 Å². The lowest BCUT2D eigenvalue weighted by Crippen LogP contribution is -2.59. The third-order valence-electron chi connectivity index (χ3n) is 3.37. The number of aliphatic hydroxyl groups is 7. The zero-order valence-electron chi connectivity index (χ0n) is 11.9. The van der Waals surface area contributed by atoms with Crippen molar-refractivity contribution in [2.45, 2.75) is 49.0 Å². The SMILES string of the molecule is O=C[C@@H](O)[C@H](O)[C@H](O[C@H]1O[C@@H](CO)[C@H](O)C(=O)[C@H]1O)[C@H](O)CO. The maximum absolute atomic E-state index is 11.6. The highest BCUT2D eigenvalue weighted by Gasteiger charge is 2.46. The van der Waals surface area contributed by atoms with Crippen LogP contribution in [-0.4, -0.2) is 110 Å². The van der Waals surface area contributed by atoms with Gasteiger partial charge in [-0.1, -0.05) is 0 Å². The van der Waals surface area contributed by atoms with Crippen LogP contribution in [0.25, 0.3) is 0 Å². The average molecular weight is 340 g/mol. The van der Waals surface area contributed by atoms with Crippen LogP contribution in [0.1, 0.15) is 0 Å². The molecule has 0 bridgehead atoms. The first-order valence-corrected chi connectivity index (χ1v) is 6.70. The zero-order chi connectivity index (χ0) is 17.7. The highest BCUT2D eigenvalue weighted by molar-refractivity contribution is 5.88. The van der Waals surface area contributed by atoms with Crippen molar-refractivity contribution in [2.24, 2.45) is 0 Å². The first-order chi connectivity index (χ1) is 10.8. The minimum Gasteiger partial charge on any atom is -0.394 e. The second kappa shape index (κ2) is 8.73. The predicted octanol–water partition coefficient (Wildman–Crippen LogP) is -5.35. The lowest BCUT2D eigenvalue weighted by atomic mass is 10.00. The second-order valence-electron chi connectivity index (χ2n) is 4.99. The summed E-state index contributed by atoms with van der Waals surface area (Å²) in [4.78, 5) is 22.1. The van der Waals surface area contributed by atoms with Crippen LogP contribution >= 0.6 is 0 Å². The molecule has 0 aromatic carbocycles. The Morgan fingerprint density at radius 1 is 1.17 bits per heavy atom. The summed E-state index contributed by atoms with van der Waals surface area (Å²) in [5.74, 6) is -1.12. The summed E-state index contributed by atoms with van der Waals surface area (Å²) in [6, 6.07) is 0. The molecule has 0 aliphatic carbocycles. The Morgan fingerprint density at radius 2 is 1.78 bits per heavy atom. The minimum atomic E-state index is -2.01. The van der Waals surface area contributed by atoms with Gasteiger partial charge in [-0.05, 0) is 0 Å². The van der Waals surface area contributed by atoms with Gasteiger partial charge < -0.3 is 50.0 Å². The largest absolute Gasteiger partial charge is 0.394 e. The Bertz CT molecular complexity index is 402. The van der Waals surface area contributed by atoms with Crippen LogP contribution in [0.15, 0.2) is 0 Å². The molecular formula is C12H20O11. The van der Waals surface area contributed by atoms with Crippen LogP contribution < -0.4 is 0 Å². The standard InChI is InChI=1S/C12H20O11/c13-1-4(16)7(18)11(5(17)2-14)23-12-10(21)9(20)8(19)6(3-15)22-12/h1,4-8,10-12,14-19,21H,2-3H2/t4-,5-,6+,7+,8+,10-,11-,12-/m1/s1. The number of rotatable bonds is 8. The number of hydrogen-bond donors (Lipinski definition) is 7. The smallest absolute Gasteiger partial charge is 0.197 e. The van der Waals surface area contributed by atoms with Crippen LogP contribution in [0.5, 0.6) is 0 Å². The molecule has 134 valence electrons. The van der Waals surface area contributed by atoms with Crippen molar-refractivity contribution in [3.8, 4) is 0 Å². The number of Topliss-reactive ketones (excluding diaryl/α,β-unsaturated/α-hetero) is 1. The van der Waals surface area contributed by atoms with Crippen molar-refractivity contribution in [1.82, 2.24) is 0 Å². The van der Waals surface area contributed by atoms with Gasteiger partial charge in [0.2, 0.25) is 0 Å². The van der Waals surface area contributed by atoms with E-state index >= 15 is 0 Å². The van der Waals surface area contributed by atoms with Crippen LogP contribution in [0, 0.1) is 0 Å². The van der Waals surface area contributed by atoms with E-state index in [0.717, 1.165) is 0 Å². The predicted molar refractivity (Wildman–Crippen MR) is 68.8 cm³/mol. The zero-order valence-corrected chi connectivity index (χ0v) is 11.9. The number of carbonyl (C=O) groups excluding carboxylic acids is 2. The van der Waals surface area contributed by atoms with Gasteiger partial charge in [-0.15, -0.1) is 0 Å². The average Bonchev–Trinajstić information content (AvgIpc) is 2.57. The number of aldehydes is 1. The van der Waals surface area contributed by atoms with Crippen molar-refractivity contribution < 1.29 is 54.8 Å². The van der Waals surface area contributed by atoms with E-state index < -0.39 is 68.0 Å². The molecule has 23 heavy (non-hydrogen) atoms. The molecule has 1 saturated heterocycles. The third-order valence-corrected chi connectivity index (χ3v) is 3.37. The van der Waals surface area contributed by atoms with E-state index in [9.17, 15) is 35.1 Å². The van der Waals surface area contributed by atoms with Crippen molar-refractivity contribution in [3.05, 3.63) is 0 Å². The van der Waals surface area contributed by atoms with E-state index in [1.54, 1.807) is 0 Å². The molecule has 0 unspecified atom stereocenters. The normalized spacial score (nSPS) is 33.8. The van der Waals surface area contributed by atoms with Gasteiger partial charge in [-0.2, -0.15) is 0 Å². The molecule has 0 aromatic heterocycles. The van der Waals surface area contributed by atoms with Gasteiger partial charge >= 0.3 is 0 Å². The molecule has 1 aliphatic rings. The van der Waals surface area contributed by atoms with E-state index in [-0.39, 0.29) is 6.29 Å². The van der Waals surface area contributed by atoms with Crippen LogP contribution in [0.2, 0.25) is 0 Å². The summed E-state index contributed by atoms with van der Waals surface area (Å²) in [7, 11) is 0. The molecule has 11 heteroatoms. The van der Waals surface area contributed by atoms with E-state index in [1.807, 2.05) is 0 Å². The molecule has 11 nitrogen and oxygen atoms in total. The fourth-order valence-electron chi connectivity index (χ4n) is 2.00. The number of aliphatic hydroxyl groups excluding tert-OH is 7. The van der Waals surface area contributed by atoms with Crippen molar-refractivity contribution in [2.75, 3.05) is 13.2 Å². The summed E-state index contributed by atoms with van der Waals surface area (Å²) >= 11 is 0. The molecule has 1 rings (SSSR count). The molecule has 1 heterocycles. The van der Waals surface area contributed by atoms with Gasteiger partial charge in [0.25, 0.3) is 0 Å². The van der Waals surface area contributed by atoms with Crippen molar-refractivity contribution >= 4 is 12.1 Å². The Labute approximate surface area is 130 Å². The van der Waals surface area contributed by atoms with Gasteiger partial charge in [0.15, 0.2) is 24.5 Å². The van der Waals surface area contributed by atoms with E-state index in [1.165, 1.54) is 0 Å². The van der Waals surface area contributed by atoms with Crippen molar-refractivity contribution in [1.29, 1.82) is 0 Å². The Kier molecular flexibility index (Phi) is 7.60. The summed E-state index contributed by atoms with van der Waals surface area (Å²) in [6.07, 6.45) is -14.7. The van der Waals surface area contributed by atoms with E-state index in [0.29, 0.717) is 0 Å². The Balaban J connectivity index is 2.93. The summed E-state index contributed by atoms with van der Waals surface area (Å²) < 4.78 is 9.95. The van der Waals surface area contributed by atoms with Gasteiger partial charge in [-0.3, -0.25) is 4.79 Å². The summed E-state index contributed by atoms with van der Waals surface area (Å²) in [5, 5.41) is 65.8. The van der Waals surface area contributed by atoms with Gasteiger partial charge in [0, 0.05) is 0 Å². The van der Waals surface area contributed by atoms with Crippen LogP contribution in [0.3, 0.4) is 0 Å². The molecule has 1 aliphatic heterocycles. The summed E-state index contributed by atoms with van der Waals surface area (Å²) in [5.41, 5.74) is 0. The van der Waals surface area contributed by atoms with Gasteiger partial charge in [-0.25, -0.2) is 0 Å².